The Kier molecular flexibility index (Phi) is 4.51. The van der Waals surface area contributed by atoms with E-state index in [4.69, 9.17) is 4.74 Å². The second kappa shape index (κ2) is 7.28. The van der Waals surface area contributed by atoms with Crippen LogP contribution in [0.2, 0.25) is 0 Å². The number of rotatable bonds is 4. The zero-order chi connectivity index (χ0) is 19.5. The predicted octanol–water partition coefficient (Wildman–Crippen LogP) is 2.27. The Morgan fingerprint density at radius 3 is 2.54 bits per heavy atom. The molecule has 0 aliphatic heterocycles. The van der Waals surface area contributed by atoms with Gasteiger partial charge in [-0.15, -0.1) is 0 Å². The molecule has 0 atom stereocenters. The van der Waals surface area contributed by atoms with Gasteiger partial charge in [0.2, 0.25) is 5.43 Å². The molecule has 0 radical (unpaired) electrons. The normalized spacial score (nSPS) is 10.6. The van der Waals surface area contributed by atoms with Gasteiger partial charge in [-0.2, -0.15) is 10.2 Å². The van der Waals surface area contributed by atoms with Gasteiger partial charge in [0.25, 0.3) is 0 Å². The lowest BCUT2D eigenvalue weighted by Gasteiger charge is -2.11. The van der Waals surface area contributed by atoms with Crippen molar-refractivity contribution >= 4 is 5.97 Å². The van der Waals surface area contributed by atoms with Crippen LogP contribution in [0, 0.1) is 0 Å². The summed E-state index contributed by atoms with van der Waals surface area (Å²) in [5.74, 6) is -0.530. The highest BCUT2D eigenvalue weighted by atomic mass is 16.5. The standard InChI is InChI=1S/C20H15N5O3/c1-28-20(27)16-13-14(3-4-17(16)25-11-2-8-22-25)19-18(26)7-12-24(23-19)15-5-9-21-10-6-15/h2-13H,1H3. The van der Waals surface area contributed by atoms with Crippen molar-refractivity contribution in [2.45, 2.75) is 0 Å². The van der Waals surface area contributed by atoms with Crippen molar-refractivity contribution in [3.63, 3.8) is 0 Å². The summed E-state index contributed by atoms with van der Waals surface area (Å²) < 4.78 is 8.04. The summed E-state index contributed by atoms with van der Waals surface area (Å²) in [7, 11) is 1.30. The van der Waals surface area contributed by atoms with E-state index >= 15 is 0 Å². The maximum absolute atomic E-state index is 12.4. The fourth-order valence-electron chi connectivity index (χ4n) is 2.82. The van der Waals surface area contributed by atoms with Crippen molar-refractivity contribution in [1.82, 2.24) is 24.5 Å². The summed E-state index contributed by atoms with van der Waals surface area (Å²) in [6.07, 6.45) is 8.20. The van der Waals surface area contributed by atoms with Gasteiger partial charge in [-0.1, -0.05) is 6.07 Å². The number of benzene rings is 1. The molecule has 0 saturated carbocycles. The van der Waals surface area contributed by atoms with Crippen LogP contribution in [0.3, 0.4) is 0 Å². The zero-order valence-corrected chi connectivity index (χ0v) is 14.9. The van der Waals surface area contributed by atoms with E-state index < -0.39 is 5.97 Å². The van der Waals surface area contributed by atoms with Crippen LogP contribution >= 0.6 is 0 Å². The van der Waals surface area contributed by atoms with Crippen LogP contribution in [-0.2, 0) is 4.74 Å². The maximum Gasteiger partial charge on any atom is 0.340 e. The lowest BCUT2D eigenvalue weighted by Crippen LogP contribution is -2.14. The number of esters is 1. The van der Waals surface area contributed by atoms with Crippen LogP contribution in [0.1, 0.15) is 10.4 Å². The van der Waals surface area contributed by atoms with Gasteiger partial charge in [0.05, 0.1) is 24.0 Å². The van der Waals surface area contributed by atoms with Crippen LogP contribution in [0.5, 0.6) is 0 Å². The fraction of sp³-hybridized carbons (Fsp3) is 0.0500. The number of carbonyl (C=O) groups is 1. The van der Waals surface area contributed by atoms with Crippen LogP contribution in [0.15, 0.2) is 78.2 Å². The molecule has 0 bridgehead atoms. The summed E-state index contributed by atoms with van der Waals surface area (Å²) in [6.45, 7) is 0. The van der Waals surface area contributed by atoms with E-state index in [-0.39, 0.29) is 16.7 Å². The fourth-order valence-corrected chi connectivity index (χ4v) is 2.82. The number of nitrogens with zero attached hydrogens (tertiary/aromatic N) is 5. The minimum Gasteiger partial charge on any atom is -0.465 e. The minimum absolute atomic E-state index is 0.219. The van der Waals surface area contributed by atoms with E-state index in [0.717, 1.165) is 5.69 Å². The molecule has 3 aromatic heterocycles. The highest BCUT2D eigenvalue weighted by Gasteiger charge is 2.17. The van der Waals surface area contributed by atoms with Crippen LogP contribution in [0.4, 0.5) is 0 Å². The molecular weight excluding hydrogens is 358 g/mol. The number of ether oxygens (including phenoxy) is 1. The predicted molar refractivity (Wildman–Crippen MR) is 102 cm³/mol. The number of pyridine rings is 1. The number of carbonyl (C=O) groups excluding carboxylic acids is 1. The molecule has 138 valence electrons. The highest BCUT2D eigenvalue weighted by molar-refractivity contribution is 5.95. The third kappa shape index (κ3) is 3.18. The van der Waals surface area contributed by atoms with E-state index in [2.05, 4.69) is 15.2 Å². The van der Waals surface area contributed by atoms with Crippen molar-refractivity contribution in [1.29, 1.82) is 0 Å². The second-order valence-electron chi connectivity index (χ2n) is 5.85. The van der Waals surface area contributed by atoms with Gasteiger partial charge < -0.3 is 4.74 Å². The molecule has 0 aliphatic carbocycles. The van der Waals surface area contributed by atoms with E-state index in [0.29, 0.717) is 11.3 Å². The first-order valence-electron chi connectivity index (χ1n) is 8.40. The molecule has 0 unspecified atom stereocenters. The monoisotopic (exact) mass is 373 g/mol. The molecule has 28 heavy (non-hydrogen) atoms. The van der Waals surface area contributed by atoms with E-state index in [1.54, 1.807) is 76.7 Å². The maximum atomic E-state index is 12.4. The number of aromatic nitrogens is 5. The Labute approximate surface area is 159 Å². The highest BCUT2D eigenvalue weighted by Crippen LogP contribution is 2.22. The lowest BCUT2D eigenvalue weighted by atomic mass is 10.1. The first-order chi connectivity index (χ1) is 13.7. The SMILES string of the molecule is COC(=O)c1cc(-c2nn(-c3ccncc3)ccc2=O)ccc1-n1cccn1. The van der Waals surface area contributed by atoms with Gasteiger partial charge in [-0.3, -0.25) is 9.78 Å². The summed E-state index contributed by atoms with van der Waals surface area (Å²) in [5.41, 5.74) is 2.06. The van der Waals surface area contributed by atoms with Crippen molar-refractivity contribution < 1.29 is 9.53 Å². The van der Waals surface area contributed by atoms with Gasteiger partial charge in [0.1, 0.15) is 5.69 Å². The lowest BCUT2D eigenvalue weighted by molar-refractivity contribution is 0.0600. The minimum atomic E-state index is -0.530. The van der Waals surface area contributed by atoms with Gasteiger partial charge in [-0.05, 0) is 30.3 Å². The third-order valence-electron chi connectivity index (χ3n) is 4.16. The van der Waals surface area contributed by atoms with E-state index in [1.807, 2.05) is 0 Å². The average Bonchev–Trinajstić information content (AvgIpc) is 3.28. The Morgan fingerprint density at radius 1 is 1.00 bits per heavy atom. The van der Waals surface area contributed by atoms with Crippen molar-refractivity contribution in [2.75, 3.05) is 7.11 Å². The van der Waals surface area contributed by atoms with Gasteiger partial charge in [0.15, 0.2) is 0 Å². The van der Waals surface area contributed by atoms with Crippen molar-refractivity contribution in [3.8, 4) is 22.6 Å². The van der Waals surface area contributed by atoms with Crippen LogP contribution < -0.4 is 5.43 Å². The topological polar surface area (TPSA) is 91.9 Å². The number of hydrogen-bond acceptors (Lipinski definition) is 6. The van der Waals surface area contributed by atoms with Gasteiger partial charge >= 0.3 is 5.97 Å². The molecule has 0 aliphatic rings. The largest absolute Gasteiger partial charge is 0.465 e. The molecule has 4 aromatic rings. The third-order valence-corrected chi connectivity index (χ3v) is 4.16. The molecule has 0 spiro atoms. The van der Waals surface area contributed by atoms with Gasteiger partial charge in [-0.25, -0.2) is 14.2 Å². The van der Waals surface area contributed by atoms with Crippen LogP contribution in [0.25, 0.3) is 22.6 Å². The van der Waals surface area contributed by atoms with Crippen molar-refractivity contribution in [2.24, 2.45) is 0 Å². The zero-order valence-electron chi connectivity index (χ0n) is 14.9. The Morgan fingerprint density at radius 2 is 1.82 bits per heavy atom. The molecule has 3 heterocycles. The first kappa shape index (κ1) is 17.3. The average molecular weight is 373 g/mol. The van der Waals surface area contributed by atoms with E-state index in [9.17, 15) is 9.59 Å². The first-order valence-corrected chi connectivity index (χ1v) is 8.40. The molecular formula is C20H15N5O3. The Bertz CT molecular complexity index is 1180. The summed E-state index contributed by atoms with van der Waals surface area (Å²) in [4.78, 5) is 28.7. The summed E-state index contributed by atoms with van der Waals surface area (Å²) in [5, 5.41) is 8.59. The number of hydrogen-bond donors (Lipinski definition) is 0. The van der Waals surface area contributed by atoms with Crippen LogP contribution in [-0.4, -0.2) is 37.6 Å². The molecule has 4 rings (SSSR count). The van der Waals surface area contributed by atoms with E-state index in [1.165, 1.54) is 13.2 Å². The molecule has 0 saturated heterocycles. The Hall–Kier alpha value is -4.07. The molecule has 8 heteroatoms. The molecule has 1 aromatic carbocycles. The molecule has 0 amide bonds. The second-order valence-corrected chi connectivity index (χ2v) is 5.85. The molecule has 0 N–H and O–H groups in total. The quantitative estimate of drug-likeness (QED) is 0.510. The molecule has 0 fully saturated rings. The smallest absolute Gasteiger partial charge is 0.340 e. The number of methoxy groups -OCH3 is 1. The Balaban J connectivity index is 1.86. The summed E-state index contributed by atoms with van der Waals surface area (Å²) in [6, 6.07) is 11.8. The van der Waals surface area contributed by atoms with Gasteiger partial charge in [0, 0.05) is 42.6 Å². The van der Waals surface area contributed by atoms with Crippen molar-refractivity contribution in [3.05, 3.63) is 89.2 Å². The molecule has 8 nitrogen and oxygen atoms in total. The summed E-state index contributed by atoms with van der Waals surface area (Å²) >= 11 is 0.